The van der Waals surface area contributed by atoms with Crippen LogP contribution < -0.4 is 10.1 Å². The first-order valence-electron chi connectivity index (χ1n) is 7.54. The lowest BCUT2D eigenvalue weighted by Gasteiger charge is -2.26. The molecule has 1 N–H and O–H groups in total. The Hall–Kier alpha value is -1.02. The lowest BCUT2D eigenvalue weighted by molar-refractivity contribution is 0.296. The highest BCUT2D eigenvalue weighted by Gasteiger charge is 2.29. The van der Waals surface area contributed by atoms with Crippen LogP contribution in [0.4, 0.5) is 0 Å². The van der Waals surface area contributed by atoms with Crippen LogP contribution in [0.25, 0.3) is 0 Å². The Morgan fingerprint density at radius 1 is 1.26 bits per heavy atom. The Labute approximate surface area is 117 Å². The van der Waals surface area contributed by atoms with Gasteiger partial charge in [-0.25, -0.2) is 0 Å². The van der Waals surface area contributed by atoms with Crippen molar-refractivity contribution in [2.24, 2.45) is 11.8 Å². The first-order chi connectivity index (χ1) is 9.24. The molecule has 1 fully saturated rings. The van der Waals surface area contributed by atoms with Crippen LogP contribution in [0.15, 0.2) is 24.3 Å². The summed E-state index contributed by atoms with van der Waals surface area (Å²) in [6, 6.07) is 9.15. The number of methoxy groups -OCH3 is 1. The van der Waals surface area contributed by atoms with Gasteiger partial charge in [0.05, 0.1) is 7.11 Å². The summed E-state index contributed by atoms with van der Waals surface area (Å²) in [6.07, 6.45) is 6.60. The maximum Gasteiger partial charge on any atom is 0.118 e. The first kappa shape index (κ1) is 14.4. The molecule has 1 aliphatic carbocycles. The molecule has 3 unspecified atom stereocenters. The van der Waals surface area contributed by atoms with Crippen molar-refractivity contribution in [3.63, 3.8) is 0 Å². The molecule has 2 rings (SSSR count). The average molecular weight is 261 g/mol. The number of benzene rings is 1. The second kappa shape index (κ2) is 6.95. The van der Waals surface area contributed by atoms with Gasteiger partial charge in [0, 0.05) is 6.04 Å². The Kier molecular flexibility index (Phi) is 5.26. The van der Waals surface area contributed by atoms with E-state index in [-0.39, 0.29) is 0 Å². The number of aryl methyl sites for hydroxylation is 1. The fraction of sp³-hybridized carbons (Fsp3) is 0.647. The molecule has 1 aliphatic rings. The van der Waals surface area contributed by atoms with Crippen LogP contribution in [-0.2, 0) is 6.42 Å². The van der Waals surface area contributed by atoms with Crippen LogP contribution in [0, 0.1) is 11.8 Å². The molecule has 2 nitrogen and oxygen atoms in total. The van der Waals surface area contributed by atoms with Gasteiger partial charge in [-0.2, -0.15) is 0 Å². The molecule has 0 amide bonds. The van der Waals surface area contributed by atoms with E-state index in [0.29, 0.717) is 6.04 Å². The Bertz CT molecular complexity index is 373. The Morgan fingerprint density at radius 2 is 2.00 bits per heavy atom. The fourth-order valence-electron chi connectivity index (χ4n) is 3.46. The monoisotopic (exact) mass is 261 g/mol. The number of hydrogen-bond acceptors (Lipinski definition) is 2. The minimum atomic E-state index is 0.666. The van der Waals surface area contributed by atoms with Gasteiger partial charge in [0.2, 0.25) is 0 Å². The second-order valence-electron chi connectivity index (χ2n) is 5.85. The highest BCUT2D eigenvalue weighted by Crippen LogP contribution is 2.34. The van der Waals surface area contributed by atoms with Crippen molar-refractivity contribution in [2.75, 3.05) is 14.2 Å². The summed E-state index contributed by atoms with van der Waals surface area (Å²) in [4.78, 5) is 0. The van der Waals surface area contributed by atoms with Gasteiger partial charge in [0.15, 0.2) is 0 Å². The third-order valence-electron chi connectivity index (χ3n) is 4.72. The minimum Gasteiger partial charge on any atom is -0.497 e. The topological polar surface area (TPSA) is 21.3 Å². The molecule has 19 heavy (non-hydrogen) atoms. The van der Waals surface area contributed by atoms with Crippen molar-refractivity contribution in [1.82, 2.24) is 5.32 Å². The van der Waals surface area contributed by atoms with E-state index in [1.165, 1.54) is 31.2 Å². The molecular formula is C17H27NO. The zero-order valence-corrected chi connectivity index (χ0v) is 12.5. The van der Waals surface area contributed by atoms with Crippen LogP contribution in [-0.4, -0.2) is 20.2 Å². The van der Waals surface area contributed by atoms with Gasteiger partial charge in [0.1, 0.15) is 5.75 Å². The quantitative estimate of drug-likeness (QED) is 0.844. The Balaban J connectivity index is 1.88. The molecule has 0 aromatic heterocycles. The van der Waals surface area contributed by atoms with E-state index in [9.17, 15) is 0 Å². The predicted molar refractivity (Wildman–Crippen MR) is 80.7 cm³/mol. The highest BCUT2D eigenvalue weighted by atomic mass is 16.5. The molecule has 0 aliphatic heterocycles. The lowest BCUT2D eigenvalue weighted by atomic mass is 9.87. The minimum absolute atomic E-state index is 0.666. The van der Waals surface area contributed by atoms with E-state index >= 15 is 0 Å². The molecule has 1 aromatic carbocycles. The molecule has 106 valence electrons. The van der Waals surface area contributed by atoms with E-state index in [0.717, 1.165) is 24.0 Å². The molecule has 1 aromatic rings. The van der Waals surface area contributed by atoms with Crippen LogP contribution in [0.1, 0.15) is 38.2 Å². The summed E-state index contributed by atoms with van der Waals surface area (Å²) < 4.78 is 5.20. The van der Waals surface area contributed by atoms with E-state index in [2.05, 4.69) is 43.6 Å². The third kappa shape index (κ3) is 3.73. The molecule has 0 saturated heterocycles. The Morgan fingerprint density at radius 3 is 2.53 bits per heavy atom. The third-order valence-corrected chi connectivity index (χ3v) is 4.72. The predicted octanol–water partition coefficient (Wildman–Crippen LogP) is 3.65. The largest absolute Gasteiger partial charge is 0.497 e. The molecule has 0 heterocycles. The summed E-state index contributed by atoms with van der Waals surface area (Å²) in [5.41, 5.74) is 1.41. The van der Waals surface area contributed by atoms with E-state index in [1.54, 1.807) is 7.11 Å². The van der Waals surface area contributed by atoms with Crippen molar-refractivity contribution in [3.05, 3.63) is 29.8 Å². The summed E-state index contributed by atoms with van der Waals surface area (Å²) >= 11 is 0. The molecule has 2 heteroatoms. The van der Waals surface area contributed by atoms with Crippen molar-refractivity contribution in [2.45, 2.75) is 45.1 Å². The van der Waals surface area contributed by atoms with Crippen LogP contribution >= 0.6 is 0 Å². The maximum atomic E-state index is 5.20. The normalized spacial score (nSPS) is 24.4. The summed E-state index contributed by atoms with van der Waals surface area (Å²) in [5.74, 6) is 2.69. The molecule has 3 atom stereocenters. The standard InChI is InChI=1S/C17H27NO/c1-13-5-4-6-16(13)17(18-2)12-9-14-7-10-15(19-3)11-8-14/h7-8,10-11,13,16-18H,4-6,9,12H2,1-3H3. The molecule has 1 saturated carbocycles. The van der Waals surface area contributed by atoms with Crippen molar-refractivity contribution in [1.29, 1.82) is 0 Å². The van der Waals surface area contributed by atoms with Gasteiger partial charge in [-0.1, -0.05) is 31.9 Å². The SMILES string of the molecule is CNC(CCc1ccc(OC)cc1)C1CCCC1C. The highest BCUT2D eigenvalue weighted by molar-refractivity contribution is 5.27. The summed E-state index contributed by atoms with van der Waals surface area (Å²) in [6.45, 7) is 2.41. The number of nitrogens with one attached hydrogen (secondary N) is 1. The van der Waals surface area contributed by atoms with Gasteiger partial charge in [-0.15, -0.1) is 0 Å². The van der Waals surface area contributed by atoms with Crippen molar-refractivity contribution in [3.8, 4) is 5.75 Å². The second-order valence-corrected chi connectivity index (χ2v) is 5.85. The van der Waals surface area contributed by atoms with Crippen LogP contribution in [0.5, 0.6) is 5.75 Å². The van der Waals surface area contributed by atoms with Gasteiger partial charge >= 0.3 is 0 Å². The molecule has 0 bridgehead atoms. The average Bonchev–Trinajstić information content (AvgIpc) is 2.87. The van der Waals surface area contributed by atoms with Gasteiger partial charge < -0.3 is 10.1 Å². The number of rotatable bonds is 6. The van der Waals surface area contributed by atoms with Gasteiger partial charge in [-0.05, 0) is 55.8 Å². The molecule has 0 radical (unpaired) electrons. The van der Waals surface area contributed by atoms with Gasteiger partial charge in [-0.3, -0.25) is 0 Å². The molecule has 0 spiro atoms. The smallest absolute Gasteiger partial charge is 0.118 e. The van der Waals surface area contributed by atoms with E-state index in [4.69, 9.17) is 4.74 Å². The van der Waals surface area contributed by atoms with E-state index in [1.807, 2.05) is 0 Å². The van der Waals surface area contributed by atoms with Crippen molar-refractivity contribution >= 4 is 0 Å². The summed E-state index contributed by atoms with van der Waals surface area (Å²) in [7, 11) is 3.83. The van der Waals surface area contributed by atoms with E-state index < -0.39 is 0 Å². The zero-order chi connectivity index (χ0) is 13.7. The van der Waals surface area contributed by atoms with Gasteiger partial charge in [0.25, 0.3) is 0 Å². The first-order valence-corrected chi connectivity index (χ1v) is 7.54. The number of ether oxygens (including phenoxy) is 1. The number of hydrogen-bond donors (Lipinski definition) is 1. The van der Waals surface area contributed by atoms with Crippen LogP contribution in [0.2, 0.25) is 0 Å². The lowest BCUT2D eigenvalue weighted by Crippen LogP contribution is -2.35. The fourth-order valence-corrected chi connectivity index (χ4v) is 3.46. The summed E-state index contributed by atoms with van der Waals surface area (Å²) in [5, 5.41) is 3.54. The van der Waals surface area contributed by atoms with Crippen molar-refractivity contribution < 1.29 is 4.74 Å². The zero-order valence-electron chi connectivity index (χ0n) is 12.5. The molecular weight excluding hydrogens is 234 g/mol. The van der Waals surface area contributed by atoms with Crippen LogP contribution in [0.3, 0.4) is 0 Å². The maximum absolute atomic E-state index is 5.20.